The van der Waals surface area contributed by atoms with E-state index in [1.807, 2.05) is 0 Å². The van der Waals surface area contributed by atoms with Gasteiger partial charge in [-0.25, -0.2) is 13.1 Å². The molecule has 0 fully saturated rings. The number of carbonyl (C=O) groups is 1. The highest BCUT2D eigenvalue weighted by molar-refractivity contribution is 7.91. The molecule has 0 bridgehead atoms. The molecule has 148 valence electrons. The van der Waals surface area contributed by atoms with Gasteiger partial charge in [0.1, 0.15) is 0 Å². The van der Waals surface area contributed by atoms with E-state index in [1.165, 1.54) is 12.1 Å². The Morgan fingerprint density at radius 2 is 1.85 bits per heavy atom. The summed E-state index contributed by atoms with van der Waals surface area (Å²) in [5, 5.41) is 9.59. The molecule has 27 heavy (non-hydrogen) atoms. The van der Waals surface area contributed by atoms with Gasteiger partial charge < -0.3 is 5.32 Å². The van der Waals surface area contributed by atoms with Gasteiger partial charge in [0.05, 0.1) is 5.56 Å². The number of benzene rings is 1. The highest BCUT2D eigenvalue weighted by Gasteiger charge is 2.30. The first-order valence-corrected chi connectivity index (χ1v) is 9.90. The van der Waals surface area contributed by atoms with E-state index in [9.17, 15) is 26.4 Å². The number of alkyl halides is 3. The van der Waals surface area contributed by atoms with Crippen molar-refractivity contribution >= 4 is 32.4 Å². The first-order chi connectivity index (χ1) is 12.3. The van der Waals surface area contributed by atoms with E-state index in [0.29, 0.717) is 11.3 Å². The van der Waals surface area contributed by atoms with Crippen LogP contribution in [-0.4, -0.2) is 24.5 Å². The highest BCUT2D eigenvalue weighted by Crippen LogP contribution is 2.29. The van der Waals surface area contributed by atoms with Crippen LogP contribution >= 0.6 is 11.3 Å². The third kappa shape index (κ3) is 5.71. The van der Waals surface area contributed by atoms with E-state index in [0.717, 1.165) is 12.1 Å². The summed E-state index contributed by atoms with van der Waals surface area (Å²) < 4.78 is 64.4. The van der Waals surface area contributed by atoms with Gasteiger partial charge in [0, 0.05) is 12.0 Å². The largest absolute Gasteiger partial charge is 0.416 e. The maximum atomic E-state index is 12.7. The number of amides is 1. The lowest BCUT2D eigenvalue weighted by Gasteiger charge is -2.15. The standard InChI is InChI=1S/C15H17F3N4O3S2/c1-14(2,3)11(23)20-12-21-22-13(26-12)27(24,25)19-8-9-5-4-6-10(7-9)15(16,17)18/h4-7,19H,8H2,1-3H3,(H,20,21,23). The molecule has 2 rings (SSSR count). The maximum absolute atomic E-state index is 12.7. The van der Waals surface area contributed by atoms with Crippen molar-refractivity contribution in [3.05, 3.63) is 35.4 Å². The number of nitrogens with one attached hydrogen (secondary N) is 2. The monoisotopic (exact) mass is 422 g/mol. The zero-order chi connectivity index (χ0) is 20.5. The van der Waals surface area contributed by atoms with Gasteiger partial charge in [-0.2, -0.15) is 13.2 Å². The van der Waals surface area contributed by atoms with E-state index in [-0.39, 0.29) is 23.1 Å². The minimum absolute atomic E-state index is 0.00867. The molecule has 7 nitrogen and oxygen atoms in total. The van der Waals surface area contributed by atoms with Gasteiger partial charge in [0.2, 0.25) is 15.4 Å². The third-order valence-corrected chi connectivity index (χ3v) is 5.87. The molecule has 0 aliphatic rings. The van der Waals surface area contributed by atoms with E-state index in [1.54, 1.807) is 20.8 Å². The molecule has 1 aromatic heterocycles. The van der Waals surface area contributed by atoms with Crippen molar-refractivity contribution in [2.45, 2.75) is 37.8 Å². The SMILES string of the molecule is CC(C)(C)C(=O)Nc1nnc(S(=O)(=O)NCc2cccc(C(F)(F)F)c2)s1. The number of halogens is 3. The zero-order valence-corrected chi connectivity index (χ0v) is 16.2. The molecule has 1 amide bonds. The molecular weight excluding hydrogens is 405 g/mol. The molecule has 1 heterocycles. The van der Waals surface area contributed by atoms with Crippen molar-refractivity contribution in [2.24, 2.45) is 5.41 Å². The molecule has 0 radical (unpaired) electrons. The molecule has 1 aromatic carbocycles. The smallest absolute Gasteiger partial charge is 0.300 e. The van der Waals surface area contributed by atoms with Crippen molar-refractivity contribution < 1.29 is 26.4 Å². The zero-order valence-electron chi connectivity index (χ0n) is 14.6. The van der Waals surface area contributed by atoms with Gasteiger partial charge in [0.25, 0.3) is 10.0 Å². The van der Waals surface area contributed by atoms with Crippen molar-refractivity contribution in [1.29, 1.82) is 0 Å². The van der Waals surface area contributed by atoms with Gasteiger partial charge in [-0.15, -0.1) is 10.2 Å². The van der Waals surface area contributed by atoms with E-state index < -0.39 is 31.5 Å². The Morgan fingerprint density at radius 1 is 1.19 bits per heavy atom. The molecule has 0 atom stereocenters. The Kier molecular flexibility index (Phi) is 5.92. The third-order valence-electron chi connectivity index (χ3n) is 3.26. The predicted octanol–water partition coefficient (Wildman–Crippen LogP) is 3.02. The number of sulfonamides is 1. The summed E-state index contributed by atoms with van der Waals surface area (Å²) >= 11 is 0.642. The van der Waals surface area contributed by atoms with Crippen molar-refractivity contribution in [1.82, 2.24) is 14.9 Å². The van der Waals surface area contributed by atoms with Gasteiger partial charge in [-0.3, -0.25) is 4.79 Å². The van der Waals surface area contributed by atoms with Crippen molar-refractivity contribution in [2.75, 3.05) is 5.32 Å². The molecular formula is C15H17F3N4O3S2. The fraction of sp³-hybridized carbons (Fsp3) is 0.400. The molecule has 2 N–H and O–H groups in total. The fourth-order valence-electron chi connectivity index (χ4n) is 1.75. The fourth-order valence-corrected chi connectivity index (χ4v) is 3.70. The number of aromatic nitrogens is 2. The van der Waals surface area contributed by atoms with Crippen LogP contribution in [0, 0.1) is 5.41 Å². The second kappa shape index (κ2) is 7.52. The predicted molar refractivity (Wildman–Crippen MR) is 93.5 cm³/mol. The number of rotatable bonds is 5. The number of hydrogen-bond acceptors (Lipinski definition) is 6. The van der Waals surface area contributed by atoms with Gasteiger partial charge >= 0.3 is 6.18 Å². The maximum Gasteiger partial charge on any atom is 0.416 e. The van der Waals surface area contributed by atoms with Crippen LogP contribution in [0.3, 0.4) is 0 Å². The molecule has 0 saturated carbocycles. The normalized spacial score (nSPS) is 12.8. The minimum atomic E-state index is -4.52. The Labute approximate surface area is 158 Å². The van der Waals surface area contributed by atoms with Crippen LogP contribution in [0.15, 0.2) is 28.6 Å². The average Bonchev–Trinajstić information content (AvgIpc) is 3.01. The summed E-state index contributed by atoms with van der Waals surface area (Å²) in [4.78, 5) is 11.9. The quantitative estimate of drug-likeness (QED) is 0.722. The van der Waals surface area contributed by atoms with Crippen LogP contribution in [0.5, 0.6) is 0 Å². The summed E-state index contributed by atoms with van der Waals surface area (Å²) in [6, 6.07) is 4.31. The second-order valence-corrected chi connectivity index (χ2v) is 9.52. The Hall–Kier alpha value is -2.05. The highest BCUT2D eigenvalue weighted by atomic mass is 32.2. The number of hydrogen-bond donors (Lipinski definition) is 2. The number of nitrogens with zero attached hydrogens (tertiary/aromatic N) is 2. The van der Waals surface area contributed by atoms with Crippen LogP contribution in [-0.2, 0) is 27.5 Å². The minimum Gasteiger partial charge on any atom is -0.300 e. The van der Waals surface area contributed by atoms with E-state index in [2.05, 4.69) is 20.2 Å². The summed E-state index contributed by atoms with van der Waals surface area (Å²) in [5.74, 6) is -0.362. The summed E-state index contributed by atoms with van der Waals surface area (Å²) in [7, 11) is -4.09. The van der Waals surface area contributed by atoms with Crippen LogP contribution in [0.25, 0.3) is 0 Å². The van der Waals surface area contributed by atoms with Crippen molar-refractivity contribution in [3.8, 4) is 0 Å². The second-order valence-electron chi connectivity index (χ2n) is 6.60. The first-order valence-electron chi connectivity index (χ1n) is 7.60. The molecule has 0 unspecified atom stereocenters. The number of carbonyl (C=O) groups excluding carboxylic acids is 1. The number of anilines is 1. The van der Waals surface area contributed by atoms with Crippen LogP contribution in [0.1, 0.15) is 31.9 Å². The first kappa shape index (κ1) is 21.3. The lowest BCUT2D eigenvalue weighted by atomic mass is 9.96. The van der Waals surface area contributed by atoms with Crippen LogP contribution < -0.4 is 10.0 Å². The summed E-state index contributed by atoms with van der Waals surface area (Å²) in [6.07, 6.45) is -4.52. The molecule has 0 aliphatic heterocycles. The molecule has 0 saturated heterocycles. The Morgan fingerprint density at radius 3 is 2.44 bits per heavy atom. The lowest BCUT2D eigenvalue weighted by molar-refractivity contribution is -0.137. The van der Waals surface area contributed by atoms with Gasteiger partial charge in [0.15, 0.2) is 0 Å². The summed E-state index contributed by atoms with van der Waals surface area (Å²) in [6.45, 7) is 4.68. The summed E-state index contributed by atoms with van der Waals surface area (Å²) in [5.41, 5.74) is -1.44. The lowest BCUT2D eigenvalue weighted by Crippen LogP contribution is -2.27. The molecule has 12 heteroatoms. The van der Waals surface area contributed by atoms with Gasteiger partial charge in [-0.1, -0.05) is 50.3 Å². The molecule has 0 aliphatic carbocycles. The molecule has 2 aromatic rings. The van der Waals surface area contributed by atoms with Gasteiger partial charge in [-0.05, 0) is 11.6 Å². The average molecular weight is 422 g/mol. The van der Waals surface area contributed by atoms with E-state index >= 15 is 0 Å². The molecule has 0 spiro atoms. The van der Waals surface area contributed by atoms with Crippen LogP contribution in [0.2, 0.25) is 0 Å². The van der Waals surface area contributed by atoms with Crippen molar-refractivity contribution in [3.63, 3.8) is 0 Å². The topological polar surface area (TPSA) is 101 Å². The van der Waals surface area contributed by atoms with Crippen LogP contribution in [0.4, 0.5) is 18.3 Å². The Balaban J connectivity index is 2.09. The Bertz CT molecular complexity index is 934. The van der Waals surface area contributed by atoms with E-state index in [4.69, 9.17) is 0 Å².